The van der Waals surface area contributed by atoms with Gasteiger partial charge in [0.05, 0.1) is 5.92 Å². The molecule has 12 heavy (non-hydrogen) atoms. The molecule has 0 heterocycles. The summed E-state index contributed by atoms with van der Waals surface area (Å²) >= 11 is 1.64. The molecule has 0 fully saturated rings. The highest BCUT2D eigenvalue weighted by Gasteiger charge is 2.15. The van der Waals surface area contributed by atoms with Crippen LogP contribution >= 0.6 is 22.6 Å². The maximum Gasteiger partial charge on any atom is 0.408 e. The van der Waals surface area contributed by atoms with Gasteiger partial charge in [0.25, 0.3) is 4.30 Å². The van der Waals surface area contributed by atoms with E-state index in [4.69, 9.17) is 0 Å². The number of amides is 1. The molecule has 70 valence electrons. The van der Waals surface area contributed by atoms with E-state index in [1.165, 1.54) is 0 Å². The third-order valence-corrected chi connectivity index (χ3v) is 1.40. The molecule has 0 bridgehead atoms. The summed E-state index contributed by atoms with van der Waals surface area (Å²) in [5.74, 6) is -0.686. The van der Waals surface area contributed by atoms with Crippen molar-refractivity contribution < 1.29 is 19.1 Å². The predicted octanol–water partition coefficient (Wildman–Crippen LogP) is 1.000. The summed E-state index contributed by atoms with van der Waals surface area (Å²) in [4.78, 5) is 21.0. The minimum atomic E-state index is -0.967. The van der Waals surface area contributed by atoms with E-state index in [0.29, 0.717) is 0 Å². The van der Waals surface area contributed by atoms with Crippen LogP contribution in [0.3, 0.4) is 0 Å². The Morgan fingerprint density at radius 3 is 2.17 bits per heavy atom. The highest BCUT2D eigenvalue weighted by atomic mass is 127. The number of hydrogen-bond donors (Lipinski definition) is 1. The number of carbonyl (C=O) groups is 2. The van der Waals surface area contributed by atoms with Crippen molar-refractivity contribution in [1.29, 1.82) is 0 Å². The van der Waals surface area contributed by atoms with Crippen LogP contribution in [0.1, 0.15) is 13.8 Å². The van der Waals surface area contributed by atoms with Crippen molar-refractivity contribution in [2.75, 3.05) is 0 Å². The van der Waals surface area contributed by atoms with Crippen LogP contribution in [-0.2, 0) is 14.3 Å². The number of rotatable bonds is 3. The van der Waals surface area contributed by atoms with Gasteiger partial charge in [-0.3, -0.25) is 4.79 Å². The molecule has 0 aliphatic heterocycles. The first-order chi connectivity index (χ1) is 5.43. The first-order valence-corrected chi connectivity index (χ1v) is 4.48. The van der Waals surface area contributed by atoms with Gasteiger partial charge < -0.3 is 15.2 Å². The predicted molar refractivity (Wildman–Crippen MR) is 49.4 cm³/mol. The van der Waals surface area contributed by atoms with Gasteiger partial charge >= 0.3 is 12.1 Å². The van der Waals surface area contributed by atoms with Crippen LogP contribution in [0, 0.1) is 5.92 Å². The minimum Gasteiger partial charge on any atom is -0.415 e. The third kappa shape index (κ3) is 5.16. The Labute approximate surface area is 83.7 Å². The van der Waals surface area contributed by atoms with Crippen molar-refractivity contribution >= 4 is 34.7 Å². The Kier molecular flexibility index (Phi) is 4.95. The number of alkyl halides is 1. The zero-order valence-corrected chi connectivity index (χ0v) is 8.90. The molecule has 0 saturated heterocycles. The van der Waals surface area contributed by atoms with Gasteiger partial charge in [0, 0.05) is 22.6 Å². The number of nitrogens with two attached hydrogens (primary N) is 1. The monoisotopic (exact) mass is 287 g/mol. The zero-order chi connectivity index (χ0) is 9.72. The van der Waals surface area contributed by atoms with Crippen LogP contribution in [0.4, 0.5) is 4.79 Å². The first-order valence-electron chi connectivity index (χ1n) is 3.24. The second-order valence-corrected chi connectivity index (χ2v) is 3.32. The fourth-order valence-electron chi connectivity index (χ4n) is 0.343. The van der Waals surface area contributed by atoms with Gasteiger partial charge in [-0.15, -0.1) is 0 Å². The van der Waals surface area contributed by atoms with E-state index in [1.54, 1.807) is 36.4 Å². The van der Waals surface area contributed by atoms with Crippen LogP contribution in [0.15, 0.2) is 0 Å². The summed E-state index contributed by atoms with van der Waals surface area (Å²) in [6.45, 7) is 3.35. The number of hydrogen-bond acceptors (Lipinski definition) is 4. The third-order valence-electron chi connectivity index (χ3n) is 0.889. The molecule has 5 nitrogen and oxygen atoms in total. The van der Waals surface area contributed by atoms with Crippen molar-refractivity contribution in [3.63, 3.8) is 0 Å². The summed E-state index contributed by atoms with van der Waals surface area (Å²) in [6, 6.07) is 0. The fourth-order valence-corrected chi connectivity index (χ4v) is 0.844. The Morgan fingerprint density at radius 1 is 1.33 bits per heavy atom. The zero-order valence-electron chi connectivity index (χ0n) is 6.74. The number of esters is 1. The van der Waals surface area contributed by atoms with E-state index in [0.717, 1.165) is 0 Å². The van der Waals surface area contributed by atoms with Crippen molar-refractivity contribution in [2.24, 2.45) is 11.7 Å². The molecule has 6 heteroatoms. The lowest BCUT2D eigenvalue weighted by atomic mass is 10.2. The van der Waals surface area contributed by atoms with Crippen LogP contribution in [0.2, 0.25) is 0 Å². The van der Waals surface area contributed by atoms with Crippen molar-refractivity contribution in [2.45, 2.75) is 18.1 Å². The second-order valence-electron chi connectivity index (χ2n) is 2.30. The molecule has 0 aliphatic rings. The van der Waals surface area contributed by atoms with Crippen LogP contribution in [-0.4, -0.2) is 16.4 Å². The van der Waals surface area contributed by atoms with Crippen LogP contribution < -0.4 is 5.73 Å². The second kappa shape index (κ2) is 5.18. The van der Waals surface area contributed by atoms with Crippen molar-refractivity contribution in [3.05, 3.63) is 0 Å². The average Bonchev–Trinajstić information content (AvgIpc) is 1.84. The molecule has 1 amide bonds. The molecule has 0 radical (unpaired) electrons. The lowest BCUT2D eigenvalue weighted by Gasteiger charge is -2.11. The smallest absolute Gasteiger partial charge is 0.408 e. The molecule has 0 rings (SSSR count). The van der Waals surface area contributed by atoms with E-state index in [2.05, 4.69) is 15.2 Å². The molecule has 2 N–H and O–H groups in total. The first kappa shape index (κ1) is 11.5. The van der Waals surface area contributed by atoms with Crippen molar-refractivity contribution in [1.82, 2.24) is 0 Å². The van der Waals surface area contributed by atoms with E-state index in [1.807, 2.05) is 0 Å². The molecule has 0 spiro atoms. The SMILES string of the molecule is CC(C)C(=O)OC(I)OC(N)=O. The van der Waals surface area contributed by atoms with Crippen LogP contribution in [0.25, 0.3) is 0 Å². The van der Waals surface area contributed by atoms with Gasteiger partial charge in [-0.05, 0) is 0 Å². The Morgan fingerprint density at radius 2 is 1.83 bits per heavy atom. The molecule has 0 aromatic carbocycles. The molecule has 0 aliphatic carbocycles. The maximum absolute atomic E-state index is 10.9. The minimum absolute atomic E-state index is 0.251. The molecule has 1 unspecified atom stereocenters. The Bertz CT molecular complexity index is 182. The molecule has 1 atom stereocenters. The maximum atomic E-state index is 10.9. The van der Waals surface area contributed by atoms with Crippen molar-refractivity contribution in [3.8, 4) is 0 Å². The Balaban J connectivity index is 3.76. The van der Waals surface area contributed by atoms with Gasteiger partial charge in [-0.25, -0.2) is 4.79 Å². The normalized spacial score (nSPS) is 12.3. The largest absolute Gasteiger partial charge is 0.415 e. The summed E-state index contributed by atoms with van der Waals surface area (Å²) in [6.07, 6.45) is -0.967. The number of halogens is 1. The van der Waals surface area contributed by atoms with E-state index < -0.39 is 16.4 Å². The van der Waals surface area contributed by atoms with Crippen LogP contribution in [0.5, 0.6) is 0 Å². The number of carbonyl (C=O) groups excluding carboxylic acids is 2. The molecular formula is C6H10INO4. The van der Waals surface area contributed by atoms with Gasteiger partial charge in [-0.1, -0.05) is 13.8 Å². The highest BCUT2D eigenvalue weighted by Crippen LogP contribution is 2.08. The average molecular weight is 287 g/mol. The molecule has 0 aromatic rings. The van der Waals surface area contributed by atoms with E-state index >= 15 is 0 Å². The lowest BCUT2D eigenvalue weighted by molar-refractivity contribution is -0.157. The van der Waals surface area contributed by atoms with Gasteiger partial charge in [-0.2, -0.15) is 0 Å². The quantitative estimate of drug-likeness (QED) is 0.363. The molecule has 0 aromatic heterocycles. The summed E-state index contributed by atoms with van der Waals surface area (Å²) in [5, 5.41) is 0. The summed E-state index contributed by atoms with van der Waals surface area (Å²) in [5.41, 5.74) is 4.69. The fraction of sp³-hybridized carbons (Fsp3) is 0.667. The topological polar surface area (TPSA) is 78.6 Å². The summed E-state index contributed by atoms with van der Waals surface area (Å²) < 4.78 is 8.05. The van der Waals surface area contributed by atoms with Gasteiger partial charge in [0.15, 0.2) is 0 Å². The number of ether oxygens (including phenoxy) is 2. The summed E-state index contributed by atoms with van der Waals surface area (Å²) in [7, 11) is 0. The molecule has 0 saturated carbocycles. The lowest BCUT2D eigenvalue weighted by Crippen LogP contribution is -2.24. The highest BCUT2D eigenvalue weighted by molar-refractivity contribution is 14.1. The van der Waals surface area contributed by atoms with Gasteiger partial charge in [0.2, 0.25) is 0 Å². The van der Waals surface area contributed by atoms with E-state index in [-0.39, 0.29) is 5.92 Å². The Hall–Kier alpha value is -0.530. The van der Waals surface area contributed by atoms with Gasteiger partial charge in [0.1, 0.15) is 0 Å². The molecular weight excluding hydrogens is 277 g/mol. The standard InChI is InChI=1S/C6H10INO4/c1-3(2)4(9)11-5(7)12-6(8)10/h3,5H,1-2H3,(H2,8,10). The number of primary amides is 1. The van der Waals surface area contributed by atoms with E-state index in [9.17, 15) is 9.59 Å².